The third-order valence-corrected chi connectivity index (χ3v) is 7.14. The lowest BCUT2D eigenvalue weighted by molar-refractivity contribution is -0.142. The van der Waals surface area contributed by atoms with Crippen LogP contribution >= 0.6 is 11.6 Å². The van der Waals surface area contributed by atoms with Gasteiger partial charge in [0.25, 0.3) is 0 Å². The Bertz CT molecular complexity index is 1160. The summed E-state index contributed by atoms with van der Waals surface area (Å²) in [6, 6.07) is 14.9. The van der Waals surface area contributed by atoms with Gasteiger partial charge in [-0.2, -0.15) is 5.10 Å². The van der Waals surface area contributed by atoms with Gasteiger partial charge >= 0.3 is 5.97 Å². The van der Waals surface area contributed by atoms with Crippen LogP contribution in [0.4, 0.5) is 4.39 Å². The minimum atomic E-state index is -0.938. The molecule has 1 N–H and O–H groups in total. The van der Waals surface area contributed by atoms with E-state index in [0.717, 1.165) is 54.7 Å². The quantitative estimate of drug-likeness (QED) is 0.334. The van der Waals surface area contributed by atoms with Crippen molar-refractivity contribution in [2.45, 2.75) is 38.6 Å². The summed E-state index contributed by atoms with van der Waals surface area (Å²) in [5.74, 6) is -0.590. The lowest BCUT2D eigenvalue weighted by Crippen LogP contribution is -2.24. The third-order valence-electron chi connectivity index (χ3n) is 6.85. The number of carboxylic acids is 1. The van der Waals surface area contributed by atoms with Crippen molar-refractivity contribution in [2.24, 2.45) is 11.8 Å². The van der Waals surface area contributed by atoms with Gasteiger partial charge in [0.1, 0.15) is 18.1 Å². The maximum Gasteiger partial charge on any atom is 0.329 e. The fraction of sp³-hybridized carbons (Fsp3) is 0.429. The molecule has 192 valence electrons. The first-order valence-corrected chi connectivity index (χ1v) is 12.7. The molecular weight excluding hydrogens is 483 g/mol. The lowest BCUT2D eigenvalue weighted by atomic mass is 9.82. The number of hydrogen-bond donors (Lipinski definition) is 1. The van der Waals surface area contributed by atoms with E-state index >= 15 is 4.39 Å². The second-order valence-electron chi connectivity index (χ2n) is 9.36. The molecule has 0 spiro atoms. The molecule has 0 atom stereocenters. The Kier molecular flexibility index (Phi) is 9.13. The molecule has 0 amide bonds. The van der Waals surface area contributed by atoms with Crippen LogP contribution in [0.5, 0.6) is 0 Å². The van der Waals surface area contributed by atoms with Gasteiger partial charge in [0.15, 0.2) is 0 Å². The minimum absolute atomic E-state index is 0.0837. The summed E-state index contributed by atoms with van der Waals surface area (Å²) in [5, 5.41) is 13.9. The molecule has 0 saturated heterocycles. The number of carbonyl (C=O) groups is 1. The Labute approximate surface area is 216 Å². The molecule has 3 aromatic rings. The summed E-state index contributed by atoms with van der Waals surface area (Å²) in [4.78, 5) is 10.7. The summed E-state index contributed by atoms with van der Waals surface area (Å²) in [6.45, 7) is 1.45. The Hall–Kier alpha value is -2.74. The molecule has 6 nitrogen and oxygen atoms in total. The number of nitrogens with zero attached hydrogens (tertiary/aromatic N) is 2. The highest BCUT2D eigenvalue weighted by atomic mass is 35.5. The highest BCUT2D eigenvalue weighted by molar-refractivity contribution is 6.31. The molecule has 1 aliphatic rings. The molecule has 0 unspecified atom stereocenters. The van der Waals surface area contributed by atoms with Gasteiger partial charge in [0, 0.05) is 42.5 Å². The third kappa shape index (κ3) is 6.33. The van der Waals surface area contributed by atoms with Gasteiger partial charge in [-0.3, -0.25) is 4.68 Å². The summed E-state index contributed by atoms with van der Waals surface area (Å²) >= 11 is 6.18. The number of aromatic nitrogens is 2. The van der Waals surface area contributed by atoms with Gasteiger partial charge in [-0.25, -0.2) is 9.18 Å². The van der Waals surface area contributed by atoms with Crippen LogP contribution in [0.15, 0.2) is 48.5 Å². The monoisotopic (exact) mass is 514 g/mol. The summed E-state index contributed by atoms with van der Waals surface area (Å²) in [5.41, 5.74) is 3.79. The summed E-state index contributed by atoms with van der Waals surface area (Å²) in [7, 11) is 1.66. The van der Waals surface area contributed by atoms with Crippen molar-refractivity contribution in [1.82, 2.24) is 9.78 Å². The first-order chi connectivity index (χ1) is 17.5. The van der Waals surface area contributed by atoms with E-state index in [1.54, 1.807) is 25.3 Å². The highest BCUT2D eigenvalue weighted by Gasteiger charge is 2.27. The molecule has 4 rings (SSSR count). The zero-order chi connectivity index (χ0) is 25.5. The molecule has 1 heterocycles. The van der Waals surface area contributed by atoms with Crippen LogP contribution in [0.2, 0.25) is 5.02 Å². The van der Waals surface area contributed by atoms with Crippen LogP contribution < -0.4 is 0 Å². The standard InChI is InChI=1S/C28H32ClFN2O4/c1-35-15-14-24-26(22-8-5-9-23(29)27(22)30)28(21-6-3-2-4-7-21)31-32(24)16-19-10-12-20(13-11-19)17-36-18-25(33)34/h2-9,19-20H,10-18H2,1H3,(H,33,34). The Morgan fingerprint density at radius 2 is 1.83 bits per heavy atom. The predicted octanol–water partition coefficient (Wildman–Crippen LogP) is 6.11. The Morgan fingerprint density at radius 1 is 1.11 bits per heavy atom. The van der Waals surface area contributed by atoms with E-state index in [9.17, 15) is 4.79 Å². The van der Waals surface area contributed by atoms with Gasteiger partial charge < -0.3 is 14.6 Å². The highest BCUT2D eigenvalue weighted by Crippen LogP contribution is 2.39. The number of rotatable bonds is 11. The van der Waals surface area contributed by atoms with Gasteiger partial charge in [-0.1, -0.05) is 54.1 Å². The largest absolute Gasteiger partial charge is 0.480 e. The first-order valence-electron chi connectivity index (χ1n) is 12.4. The summed E-state index contributed by atoms with van der Waals surface area (Å²) in [6.07, 6.45) is 4.58. The van der Waals surface area contributed by atoms with Gasteiger partial charge in [0.05, 0.1) is 18.2 Å². The van der Waals surface area contributed by atoms with E-state index < -0.39 is 11.8 Å². The Balaban J connectivity index is 1.64. The second-order valence-corrected chi connectivity index (χ2v) is 9.77. The van der Waals surface area contributed by atoms with Crippen molar-refractivity contribution in [3.8, 4) is 22.4 Å². The van der Waals surface area contributed by atoms with Gasteiger partial charge in [-0.05, 0) is 43.6 Å². The predicted molar refractivity (Wildman–Crippen MR) is 138 cm³/mol. The average Bonchev–Trinajstić information content (AvgIpc) is 3.23. The number of benzene rings is 2. The Morgan fingerprint density at radius 3 is 2.53 bits per heavy atom. The van der Waals surface area contributed by atoms with Gasteiger partial charge in [-0.15, -0.1) is 0 Å². The molecule has 0 aliphatic heterocycles. The molecule has 1 fully saturated rings. The zero-order valence-corrected chi connectivity index (χ0v) is 21.2. The first kappa shape index (κ1) is 26.3. The minimum Gasteiger partial charge on any atom is -0.480 e. The fourth-order valence-corrected chi connectivity index (χ4v) is 5.19. The molecule has 8 heteroatoms. The second kappa shape index (κ2) is 12.5. The van der Waals surface area contributed by atoms with E-state index in [4.69, 9.17) is 31.3 Å². The van der Waals surface area contributed by atoms with Crippen molar-refractivity contribution in [3.63, 3.8) is 0 Å². The van der Waals surface area contributed by atoms with Crippen molar-refractivity contribution in [2.75, 3.05) is 26.9 Å². The van der Waals surface area contributed by atoms with Crippen LogP contribution in [-0.4, -0.2) is 47.8 Å². The maximum absolute atomic E-state index is 15.3. The molecule has 1 saturated carbocycles. The van der Waals surface area contributed by atoms with E-state index in [2.05, 4.69) is 0 Å². The van der Waals surface area contributed by atoms with Crippen molar-refractivity contribution in [1.29, 1.82) is 0 Å². The molecular formula is C28H32ClFN2O4. The molecule has 2 aromatic carbocycles. The van der Waals surface area contributed by atoms with E-state index in [1.165, 1.54) is 0 Å². The van der Waals surface area contributed by atoms with Crippen LogP contribution in [-0.2, 0) is 27.2 Å². The average molecular weight is 515 g/mol. The van der Waals surface area contributed by atoms with E-state index in [-0.39, 0.29) is 11.6 Å². The van der Waals surface area contributed by atoms with Crippen molar-refractivity contribution < 1.29 is 23.8 Å². The normalized spacial score (nSPS) is 17.9. The number of carboxylic acid groups (broad SMARTS) is 1. The zero-order valence-electron chi connectivity index (χ0n) is 20.5. The molecule has 0 radical (unpaired) electrons. The molecule has 36 heavy (non-hydrogen) atoms. The van der Waals surface area contributed by atoms with Crippen LogP contribution in [0.1, 0.15) is 31.4 Å². The van der Waals surface area contributed by atoms with Gasteiger partial charge in [0.2, 0.25) is 0 Å². The fourth-order valence-electron chi connectivity index (χ4n) is 5.02. The molecule has 1 aromatic heterocycles. The lowest BCUT2D eigenvalue weighted by Gasteiger charge is -2.28. The topological polar surface area (TPSA) is 73.6 Å². The maximum atomic E-state index is 15.3. The number of methoxy groups -OCH3 is 1. The van der Waals surface area contributed by atoms with Crippen molar-refractivity contribution >= 4 is 17.6 Å². The van der Waals surface area contributed by atoms with Crippen LogP contribution in [0.25, 0.3) is 22.4 Å². The molecule has 0 bridgehead atoms. The molecule has 1 aliphatic carbocycles. The summed E-state index contributed by atoms with van der Waals surface area (Å²) < 4.78 is 28.0. The number of halogens is 2. The number of aliphatic carboxylic acids is 1. The SMILES string of the molecule is COCCc1c(-c2cccc(Cl)c2F)c(-c2ccccc2)nn1CC1CCC(COCC(=O)O)CC1. The number of ether oxygens (including phenoxy) is 2. The van der Waals surface area contributed by atoms with Crippen molar-refractivity contribution in [3.05, 3.63) is 65.1 Å². The van der Waals surface area contributed by atoms with E-state index in [0.29, 0.717) is 37.0 Å². The van der Waals surface area contributed by atoms with E-state index in [1.807, 2.05) is 35.0 Å². The van der Waals surface area contributed by atoms with Crippen LogP contribution in [0, 0.1) is 17.7 Å². The smallest absolute Gasteiger partial charge is 0.329 e. The van der Waals surface area contributed by atoms with Crippen LogP contribution in [0.3, 0.4) is 0 Å². The number of hydrogen-bond acceptors (Lipinski definition) is 4.